The van der Waals surface area contributed by atoms with Crippen LogP contribution in [0.15, 0.2) is 23.2 Å². The van der Waals surface area contributed by atoms with Crippen molar-refractivity contribution in [2.75, 3.05) is 20.8 Å². The van der Waals surface area contributed by atoms with E-state index in [1.54, 1.807) is 14.2 Å². The van der Waals surface area contributed by atoms with Crippen LogP contribution in [-0.2, 0) is 9.47 Å². The average Bonchev–Trinajstić information content (AvgIpc) is 2.35. The van der Waals surface area contributed by atoms with Gasteiger partial charge in [0.1, 0.15) is 5.76 Å². The first-order valence-electron chi connectivity index (χ1n) is 5.92. The van der Waals surface area contributed by atoms with Crippen LogP contribution in [0.3, 0.4) is 0 Å². The van der Waals surface area contributed by atoms with E-state index >= 15 is 0 Å². The Bertz CT molecular complexity index is 282. The second-order valence-electron chi connectivity index (χ2n) is 4.23. The summed E-state index contributed by atoms with van der Waals surface area (Å²) < 4.78 is 10.6. The summed E-state index contributed by atoms with van der Waals surface area (Å²) in [4.78, 5) is 0. The summed E-state index contributed by atoms with van der Waals surface area (Å²) in [5.41, 5.74) is 7.16. The van der Waals surface area contributed by atoms with Gasteiger partial charge in [0.15, 0.2) is 0 Å². The van der Waals surface area contributed by atoms with E-state index in [4.69, 9.17) is 15.2 Å². The molecular formula is C13H23NO2. The molecule has 0 aliphatic heterocycles. The molecule has 1 aliphatic rings. The van der Waals surface area contributed by atoms with Gasteiger partial charge in [-0.3, -0.25) is 0 Å². The van der Waals surface area contributed by atoms with Gasteiger partial charge in [-0.1, -0.05) is 6.42 Å². The van der Waals surface area contributed by atoms with E-state index in [2.05, 4.69) is 0 Å². The van der Waals surface area contributed by atoms with Crippen LogP contribution >= 0.6 is 0 Å². The Hall–Kier alpha value is -0.960. The van der Waals surface area contributed by atoms with Crippen LogP contribution in [-0.4, -0.2) is 20.8 Å². The van der Waals surface area contributed by atoms with Gasteiger partial charge in [0.2, 0.25) is 0 Å². The normalized spacial score (nSPS) is 25.2. The molecule has 0 heterocycles. The molecule has 0 bridgehead atoms. The van der Waals surface area contributed by atoms with E-state index in [1.807, 2.05) is 13.0 Å². The molecule has 3 heteroatoms. The molecule has 1 unspecified atom stereocenters. The summed E-state index contributed by atoms with van der Waals surface area (Å²) in [7, 11) is 3.38. The number of hydrogen-bond acceptors (Lipinski definition) is 3. The van der Waals surface area contributed by atoms with Crippen molar-refractivity contribution in [3.05, 3.63) is 23.2 Å². The van der Waals surface area contributed by atoms with E-state index in [9.17, 15) is 0 Å². The van der Waals surface area contributed by atoms with Crippen molar-refractivity contribution in [3.63, 3.8) is 0 Å². The molecule has 1 fully saturated rings. The highest BCUT2D eigenvalue weighted by Crippen LogP contribution is 2.32. The van der Waals surface area contributed by atoms with Gasteiger partial charge < -0.3 is 15.2 Å². The predicted molar refractivity (Wildman–Crippen MR) is 65.8 cm³/mol. The summed E-state index contributed by atoms with van der Waals surface area (Å²) >= 11 is 0. The fraction of sp³-hybridized carbons (Fsp3) is 0.692. The molecule has 0 aromatic rings. The van der Waals surface area contributed by atoms with Crippen LogP contribution < -0.4 is 5.73 Å². The maximum Gasteiger partial charge on any atom is 0.121 e. The smallest absolute Gasteiger partial charge is 0.121 e. The van der Waals surface area contributed by atoms with Gasteiger partial charge in [-0.05, 0) is 44.2 Å². The number of ether oxygens (including phenoxy) is 2. The lowest BCUT2D eigenvalue weighted by Gasteiger charge is -2.25. The monoisotopic (exact) mass is 225 g/mol. The number of rotatable bonds is 4. The van der Waals surface area contributed by atoms with E-state index in [0.717, 1.165) is 17.9 Å². The van der Waals surface area contributed by atoms with Crippen LogP contribution in [0.4, 0.5) is 0 Å². The first-order chi connectivity index (χ1) is 7.72. The zero-order chi connectivity index (χ0) is 12.0. The Kier molecular flexibility index (Phi) is 5.39. The van der Waals surface area contributed by atoms with Crippen molar-refractivity contribution < 1.29 is 9.47 Å². The van der Waals surface area contributed by atoms with Crippen molar-refractivity contribution >= 4 is 0 Å². The molecule has 0 amide bonds. The fourth-order valence-corrected chi connectivity index (χ4v) is 2.20. The second kappa shape index (κ2) is 6.59. The lowest BCUT2D eigenvalue weighted by molar-refractivity contribution is 0.268. The molecule has 0 saturated heterocycles. The van der Waals surface area contributed by atoms with Gasteiger partial charge in [-0.25, -0.2) is 0 Å². The molecule has 16 heavy (non-hydrogen) atoms. The largest absolute Gasteiger partial charge is 0.501 e. The SMILES string of the molecule is COC(/C=C(\C)OC)=C1/CCCCC1CN. The maximum atomic E-state index is 5.81. The maximum absolute atomic E-state index is 5.81. The van der Waals surface area contributed by atoms with Crippen molar-refractivity contribution in [1.82, 2.24) is 0 Å². The molecule has 1 rings (SSSR count). The third kappa shape index (κ3) is 3.27. The van der Waals surface area contributed by atoms with Crippen molar-refractivity contribution in [2.24, 2.45) is 11.7 Å². The molecule has 1 aliphatic carbocycles. The molecule has 3 nitrogen and oxygen atoms in total. The third-order valence-corrected chi connectivity index (χ3v) is 3.22. The minimum absolute atomic E-state index is 0.476. The quantitative estimate of drug-likeness (QED) is 0.748. The Morgan fingerprint density at radius 3 is 2.69 bits per heavy atom. The van der Waals surface area contributed by atoms with Gasteiger partial charge in [-0.2, -0.15) is 0 Å². The van der Waals surface area contributed by atoms with Crippen LogP contribution in [0.5, 0.6) is 0 Å². The van der Waals surface area contributed by atoms with Gasteiger partial charge in [0.25, 0.3) is 0 Å². The van der Waals surface area contributed by atoms with Crippen LogP contribution in [0, 0.1) is 5.92 Å². The van der Waals surface area contributed by atoms with Gasteiger partial charge in [0.05, 0.1) is 20.0 Å². The molecule has 2 N–H and O–H groups in total. The minimum Gasteiger partial charge on any atom is -0.501 e. The molecule has 0 aromatic heterocycles. The zero-order valence-corrected chi connectivity index (χ0v) is 10.6. The second-order valence-corrected chi connectivity index (χ2v) is 4.23. The Morgan fingerprint density at radius 1 is 1.38 bits per heavy atom. The summed E-state index contributed by atoms with van der Waals surface area (Å²) in [5.74, 6) is 2.28. The summed E-state index contributed by atoms with van der Waals surface area (Å²) in [5, 5.41) is 0. The lowest BCUT2D eigenvalue weighted by atomic mass is 9.83. The van der Waals surface area contributed by atoms with Crippen LogP contribution in [0.2, 0.25) is 0 Å². The lowest BCUT2D eigenvalue weighted by Crippen LogP contribution is -2.21. The van der Waals surface area contributed by atoms with Gasteiger partial charge in [-0.15, -0.1) is 0 Å². The van der Waals surface area contributed by atoms with Crippen molar-refractivity contribution in [3.8, 4) is 0 Å². The zero-order valence-electron chi connectivity index (χ0n) is 10.6. The minimum atomic E-state index is 0.476. The molecule has 1 saturated carbocycles. The highest BCUT2D eigenvalue weighted by molar-refractivity contribution is 5.25. The molecule has 0 aromatic carbocycles. The van der Waals surface area contributed by atoms with Gasteiger partial charge in [0, 0.05) is 6.08 Å². The van der Waals surface area contributed by atoms with Crippen molar-refractivity contribution in [2.45, 2.75) is 32.6 Å². The van der Waals surface area contributed by atoms with E-state index in [-0.39, 0.29) is 0 Å². The Balaban J connectivity index is 2.94. The first kappa shape index (κ1) is 13.1. The highest BCUT2D eigenvalue weighted by Gasteiger charge is 2.21. The molecule has 0 spiro atoms. The van der Waals surface area contributed by atoms with E-state index in [1.165, 1.54) is 24.8 Å². The third-order valence-electron chi connectivity index (χ3n) is 3.22. The highest BCUT2D eigenvalue weighted by atomic mass is 16.5. The Labute approximate surface area is 98.3 Å². The van der Waals surface area contributed by atoms with E-state index in [0.29, 0.717) is 12.5 Å². The standard InChI is InChI=1S/C13H23NO2/c1-10(15-2)8-13(16-3)12-7-5-4-6-11(12)9-14/h8,11H,4-7,9,14H2,1-3H3/b10-8+,13-12-. The van der Waals surface area contributed by atoms with Gasteiger partial charge >= 0.3 is 0 Å². The Morgan fingerprint density at radius 2 is 2.12 bits per heavy atom. The molecule has 0 radical (unpaired) electrons. The summed E-state index contributed by atoms with van der Waals surface area (Å²) in [6.45, 7) is 2.64. The molecule has 1 atom stereocenters. The van der Waals surface area contributed by atoms with Crippen LogP contribution in [0.25, 0.3) is 0 Å². The summed E-state index contributed by atoms with van der Waals surface area (Å²) in [6, 6.07) is 0. The number of allylic oxidation sites excluding steroid dienone is 2. The number of methoxy groups -OCH3 is 2. The first-order valence-corrected chi connectivity index (χ1v) is 5.92. The molecule has 92 valence electrons. The average molecular weight is 225 g/mol. The molecular weight excluding hydrogens is 202 g/mol. The number of nitrogens with two attached hydrogens (primary N) is 1. The van der Waals surface area contributed by atoms with E-state index < -0.39 is 0 Å². The number of hydrogen-bond donors (Lipinski definition) is 1. The van der Waals surface area contributed by atoms with Crippen LogP contribution in [0.1, 0.15) is 32.6 Å². The summed E-state index contributed by atoms with van der Waals surface area (Å²) in [6.07, 6.45) is 6.74. The predicted octanol–water partition coefficient (Wildman–Crippen LogP) is 2.59. The fourth-order valence-electron chi connectivity index (χ4n) is 2.20. The topological polar surface area (TPSA) is 44.5 Å². The van der Waals surface area contributed by atoms with Crippen molar-refractivity contribution in [1.29, 1.82) is 0 Å².